The van der Waals surface area contributed by atoms with Gasteiger partial charge in [0.1, 0.15) is 12.4 Å². The van der Waals surface area contributed by atoms with Gasteiger partial charge in [0.2, 0.25) is 0 Å². The lowest BCUT2D eigenvalue weighted by Gasteiger charge is -2.10. The predicted octanol–water partition coefficient (Wildman–Crippen LogP) is 4.23. The molecule has 0 aliphatic heterocycles. The summed E-state index contributed by atoms with van der Waals surface area (Å²) in [5, 5.41) is 2.11. The fraction of sp³-hybridized carbons (Fsp3) is 0.0556. The third kappa shape index (κ3) is 2.54. The average Bonchev–Trinajstić information content (AvgIpc) is 2.53. The standard InChI is InChI=1S/C18H14O2/c19-12-17-10-15-8-4-5-9-16(15)11-18(17)20-13-14-6-2-1-3-7-14/h1-12H,13H2. The Bertz CT molecular complexity index is 733. The quantitative estimate of drug-likeness (QED) is 0.658. The Morgan fingerprint density at radius 1 is 0.850 bits per heavy atom. The zero-order valence-corrected chi connectivity index (χ0v) is 11.0. The topological polar surface area (TPSA) is 26.3 Å². The van der Waals surface area contributed by atoms with Gasteiger partial charge in [-0.25, -0.2) is 0 Å². The van der Waals surface area contributed by atoms with Crippen molar-refractivity contribution in [1.29, 1.82) is 0 Å². The maximum Gasteiger partial charge on any atom is 0.153 e. The molecule has 0 aliphatic rings. The van der Waals surface area contributed by atoms with Crippen LogP contribution in [0, 0.1) is 0 Å². The first kappa shape index (κ1) is 12.4. The van der Waals surface area contributed by atoms with Crippen molar-refractivity contribution in [2.24, 2.45) is 0 Å². The van der Waals surface area contributed by atoms with Crippen LogP contribution < -0.4 is 4.74 Å². The van der Waals surface area contributed by atoms with Crippen LogP contribution in [0.4, 0.5) is 0 Å². The van der Waals surface area contributed by atoms with Gasteiger partial charge in [-0.2, -0.15) is 0 Å². The second kappa shape index (κ2) is 5.57. The zero-order chi connectivity index (χ0) is 13.8. The van der Waals surface area contributed by atoms with Crippen molar-refractivity contribution in [3.63, 3.8) is 0 Å². The molecule has 0 bridgehead atoms. The van der Waals surface area contributed by atoms with Crippen LogP contribution in [0.3, 0.4) is 0 Å². The minimum Gasteiger partial charge on any atom is -0.488 e. The smallest absolute Gasteiger partial charge is 0.153 e. The van der Waals surface area contributed by atoms with Crippen molar-refractivity contribution >= 4 is 17.1 Å². The van der Waals surface area contributed by atoms with Gasteiger partial charge in [-0.1, -0.05) is 54.6 Å². The predicted molar refractivity (Wildman–Crippen MR) is 80.1 cm³/mol. The number of aldehydes is 1. The van der Waals surface area contributed by atoms with Crippen LogP contribution >= 0.6 is 0 Å². The molecule has 0 radical (unpaired) electrons. The SMILES string of the molecule is O=Cc1cc2ccccc2cc1OCc1ccccc1. The summed E-state index contributed by atoms with van der Waals surface area (Å²) in [7, 11) is 0. The Kier molecular flexibility index (Phi) is 3.46. The molecule has 0 unspecified atom stereocenters. The van der Waals surface area contributed by atoms with Gasteiger partial charge in [-0.05, 0) is 28.5 Å². The lowest BCUT2D eigenvalue weighted by molar-refractivity contribution is 0.111. The van der Waals surface area contributed by atoms with Crippen molar-refractivity contribution in [3.05, 3.63) is 77.9 Å². The number of carbonyl (C=O) groups excluding carboxylic acids is 1. The highest BCUT2D eigenvalue weighted by molar-refractivity contribution is 5.92. The molecule has 0 saturated carbocycles. The first-order valence-corrected chi connectivity index (χ1v) is 6.51. The maximum absolute atomic E-state index is 11.2. The zero-order valence-electron chi connectivity index (χ0n) is 11.0. The van der Waals surface area contributed by atoms with Crippen LogP contribution in [0.5, 0.6) is 5.75 Å². The van der Waals surface area contributed by atoms with Crippen LogP contribution in [0.25, 0.3) is 10.8 Å². The van der Waals surface area contributed by atoms with E-state index in [9.17, 15) is 4.79 Å². The summed E-state index contributed by atoms with van der Waals surface area (Å²) in [4.78, 5) is 11.2. The highest BCUT2D eigenvalue weighted by atomic mass is 16.5. The number of hydrogen-bond acceptors (Lipinski definition) is 2. The van der Waals surface area contributed by atoms with E-state index in [4.69, 9.17) is 4.74 Å². The Hall–Kier alpha value is -2.61. The lowest BCUT2D eigenvalue weighted by Crippen LogP contribution is -1.98. The third-order valence-corrected chi connectivity index (χ3v) is 3.24. The molecule has 0 spiro atoms. The van der Waals surface area contributed by atoms with Gasteiger partial charge in [-0.3, -0.25) is 4.79 Å². The minimum atomic E-state index is 0.458. The molecule has 0 atom stereocenters. The van der Waals surface area contributed by atoms with Crippen LogP contribution in [0.2, 0.25) is 0 Å². The van der Waals surface area contributed by atoms with Gasteiger partial charge in [0, 0.05) is 0 Å². The van der Waals surface area contributed by atoms with E-state index in [0.717, 1.165) is 22.6 Å². The Morgan fingerprint density at radius 3 is 2.20 bits per heavy atom. The normalized spacial score (nSPS) is 10.4. The first-order chi connectivity index (χ1) is 9.86. The monoisotopic (exact) mass is 262 g/mol. The number of rotatable bonds is 4. The van der Waals surface area contributed by atoms with Crippen molar-refractivity contribution in [2.45, 2.75) is 6.61 Å². The molecule has 0 aromatic heterocycles. The van der Waals surface area contributed by atoms with E-state index in [1.807, 2.05) is 66.7 Å². The second-order valence-corrected chi connectivity index (χ2v) is 4.63. The van der Waals surface area contributed by atoms with Crippen molar-refractivity contribution in [2.75, 3.05) is 0 Å². The molecule has 0 saturated heterocycles. The molecular weight excluding hydrogens is 248 g/mol. The highest BCUT2D eigenvalue weighted by Gasteiger charge is 2.05. The first-order valence-electron chi connectivity index (χ1n) is 6.51. The highest BCUT2D eigenvalue weighted by Crippen LogP contribution is 2.25. The molecule has 0 amide bonds. The van der Waals surface area contributed by atoms with Gasteiger partial charge in [0.05, 0.1) is 5.56 Å². The van der Waals surface area contributed by atoms with Gasteiger partial charge in [0.25, 0.3) is 0 Å². The molecule has 98 valence electrons. The molecule has 2 nitrogen and oxygen atoms in total. The van der Waals surface area contributed by atoms with Gasteiger partial charge < -0.3 is 4.74 Å². The molecule has 3 aromatic rings. The van der Waals surface area contributed by atoms with E-state index in [1.165, 1.54) is 0 Å². The van der Waals surface area contributed by atoms with E-state index in [2.05, 4.69) is 0 Å². The van der Waals surface area contributed by atoms with Gasteiger partial charge in [-0.15, -0.1) is 0 Å². The summed E-state index contributed by atoms with van der Waals surface area (Å²) in [6.45, 7) is 0.458. The molecular formula is C18H14O2. The number of benzene rings is 3. The largest absolute Gasteiger partial charge is 0.488 e. The van der Waals surface area contributed by atoms with Gasteiger partial charge in [0.15, 0.2) is 6.29 Å². The van der Waals surface area contributed by atoms with Crippen molar-refractivity contribution in [1.82, 2.24) is 0 Å². The summed E-state index contributed by atoms with van der Waals surface area (Å²) in [5.74, 6) is 0.627. The molecule has 0 fully saturated rings. The Balaban J connectivity index is 1.92. The fourth-order valence-corrected chi connectivity index (χ4v) is 2.19. The Morgan fingerprint density at radius 2 is 1.50 bits per heavy atom. The molecule has 3 rings (SSSR count). The molecule has 2 heteroatoms. The van der Waals surface area contributed by atoms with E-state index in [1.54, 1.807) is 0 Å². The van der Waals surface area contributed by atoms with E-state index < -0.39 is 0 Å². The molecule has 20 heavy (non-hydrogen) atoms. The van der Waals surface area contributed by atoms with Gasteiger partial charge >= 0.3 is 0 Å². The maximum atomic E-state index is 11.2. The second-order valence-electron chi connectivity index (χ2n) is 4.63. The molecule has 0 heterocycles. The van der Waals surface area contributed by atoms with E-state index in [-0.39, 0.29) is 0 Å². The third-order valence-electron chi connectivity index (χ3n) is 3.24. The summed E-state index contributed by atoms with van der Waals surface area (Å²) >= 11 is 0. The molecule has 3 aromatic carbocycles. The number of fused-ring (bicyclic) bond motifs is 1. The van der Waals surface area contributed by atoms with Crippen molar-refractivity contribution in [3.8, 4) is 5.75 Å². The summed E-state index contributed by atoms with van der Waals surface area (Å²) in [6.07, 6.45) is 0.840. The lowest BCUT2D eigenvalue weighted by atomic mass is 10.1. The fourth-order valence-electron chi connectivity index (χ4n) is 2.19. The summed E-state index contributed by atoms with van der Waals surface area (Å²) in [6, 6.07) is 21.6. The number of hydrogen-bond donors (Lipinski definition) is 0. The van der Waals surface area contributed by atoms with Crippen LogP contribution in [0.15, 0.2) is 66.7 Å². The average molecular weight is 262 g/mol. The van der Waals surface area contributed by atoms with Crippen LogP contribution in [-0.2, 0) is 6.61 Å². The number of carbonyl (C=O) groups is 1. The van der Waals surface area contributed by atoms with Crippen LogP contribution in [-0.4, -0.2) is 6.29 Å². The Labute approximate surface area is 117 Å². The van der Waals surface area contributed by atoms with E-state index >= 15 is 0 Å². The minimum absolute atomic E-state index is 0.458. The summed E-state index contributed by atoms with van der Waals surface area (Å²) < 4.78 is 5.79. The number of ether oxygens (including phenoxy) is 1. The summed E-state index contributed by atoms with van der Waals surface area (Å²) in [5.41, 5.74) is 1.66. The van der Waals surface area contributed by atoms with Crippen LogP contribution in [0.1, 0.15) is 15.9 Å². The molecule has 0 N–H and O–H groups in total. The van der Waals surface area contributed by atoms with E-state index in [0.29, 0.717) is 17.9 Å². The molecule has 0 aliphatic carbocycles. The van der Waals surface area contributed by atoms with Crippen molar-refractivity contribution < 1.29 is 9.53 Å².